The first-order valence-corrected chi connectivity index (χ1v) is 8.05. The molecule has 5 N–H and O–H groups in total. The second-order valence-corrected chi connectivity index (χ2v) is 5.99. The SMILES string of the molecule is CC(CCNC(O)Cc1ccc(O)c(C(N)=O)c1)c1ccccc1. The lowest BCUT2D eigenvalue weighted by Crippen LogP contribution is -2.32. The molecule has 2 rings (SSSR count). The number of phenols is 1. The molecule has 1 amide bonds. The van der Waals surface area contributed by atoms with Crippen LogP contribution in [0.15, 0.2) is 48.5 Å². The fraction of sp³-hybridized carbons (Fsp3) is 0.316. The Morgan fingerprint density at radius 2 is 1.92 bits per heavy atom. The summed E-state index contributed by atoms with van der Waals surface area (Å²) in [5, 5.41) is 22.7. The van der Waals surface area contributed by atoms with Crippen LogP contribution in [-0.4, -0.2) is 28.9 Å². The molecule has 0 saturated carbocycles. The lowest BCUT2D eigenvalue weighted by atomic mass is 9.98. The van der Waals surface area contributed by atoms with Crippen molar-refractivity contribution in [3.05, 3.63) is 65.2 Å². The number of hydrogen-bond donors (Lipinski definition) is 4. The topological polar surface area (TPSA) is 95.6 Å². The van der Waals surface area contributed by atoms with E-state index in [9.17, 15) is 15.0 Å². The second kappa shape index (κ2) is 8.47. The maximum absolute atomic E-state index is 11.2. The summed E-state index contributed by atoms with van der Waals surface area (Å²) in [7, 11) is 0. The van der Waals surface area contributed by atoms with Crippen LogP contribution in [0.1, 0.15) is 40.7 Å². The molecule has 2 unspecified atom stereocenters. The van der Waals surface area contributed by atoms with Crippen molar-refractivity contribution in [1.29, 1.82) is 0 Å². The minimum atomic E-state index is -0.724. The predicted octanol–water partition coefficient (Wildman–Crippen LogP) is 2.14. The minimum absolute atomic E-state index is 0.0670. The summed E-state index contributed by atoms with van der Waals surface area (Å²) < 4.78 is 0. The van der Waals surface area contributed by atoms with E-state index in [4.69, 9.17) is 5.73 Å². The molecule has 5 nitrogen and oxygen atoms in total. The van der Waals surface area contributed by atoms with Crippen molar-refractivity contribution in [2.24, 2.45) is 5.73 Å². The van der Waals surface area contributed by atoms with Crippen molar-refractivity contribution >= 4 is 5.91 Å². The average molecular weight is 328 g/mol. The zero-order valence-electron chi connectivity index (χ0n) is 13.8. The fourth-order valence-corrected chi connectivity index (χ4v) is 2.62. The molecule has 2 atom stereocenters. The molecule has 0 radical (unpaired) electrons. The first-order chi connectivity index (χ1) is 11.5. The molecule has 0 saturated heterocycles. The van der Waals surface area contributed by atoms with Crippen LogP contribution in [0.4, 0.5) is 0 Å². The van der Waals surface area contributed by atoms with Crippen LogP contribution in [0, 0.1) is 0 Å². The molecule has 128 valence electrons. The van der Waals surface area contributed by atoms with Crippen molar-refractivity contribution in [3.8, 4) is 5.75 Å². The van der Waals surface area contributed by atoms with Gasteiger partial charge in [0.25, 0.3) is 5.91 Å². The van der Waals surface area contributed by atoms with E-state index < -0.39 is 12.1 Å². The summed E-state index contributed by atoms with van der Waals surface area (Å²) in [6.07, 6.45) is 0.516. The summed E-state index contributed by atoms with van der Waals surface area (Å²) in [6, 6.07) is 14.8. The summed E-state index contributed by atoms with van der Waals surface area (Å²) in [5.41, 5.74) is 7.28. The minimum Gasteiger partial charge on any atom is -0.507 e. The smallest absolute Gasteiger partial charge is 0.252 e. The first kappa shape index (κ1) is 18.0. The molecule has 24 heavy (non-hydrogen) atoms. The maximum atomic E-state index is 11.2. The van der Waals surface area contributed by atoms with Gasteiger partial charge in [-0.3, -0.25) is 10.1 Å². The third-order valence-corrected chi connectivity index (χ3v) is 4.08. The number of primary amides is 1. The third-order valence-electron chi connectivity index (χ3n) is 4.08. The van der Waals surface area contributed by atoms with Crippen LogP contribution in [-0.2, 0) is 6.42 Å². The number of amides is 1. The largest absolute Gasteiger partial charge is 0.507 e. The number of carbonyl (C=O) groups excluding carboxylic acids is 1. The molecule has 0 aliphatic heterocycles. The highest BCUT2D eigenvalue weighted by Crippen LogP contribution is 2.19. The van der Waals surface area contributed by atoms with Crippen LogP contribution in [0.2, 0.25) is 0 Å². The molecule has 0 aliphatic rings. The number of nitrogens with one attached hydrogen (secondary N) is 1. The maximum Gasteiger partial charge on any atom is 0.252 e. The normalized spacial score (nSPS) is 13.4. The number of aliphatic hydroxyl groups is 1. The number of hydrogen-bond acceptors (Lipinski definition) is 4. The van der Waals surface area contributed by atoms with E-state index in [0.29, 0.717) is 18.9 Å². The number of aliphatic hydroxyl groups excluding tert-OH is 1. The molecule has 0 spiro atoms. The van der Waals surface area contributed by atoms with E-state index in [1.165, 1.54) is 17.7 Å². The Hall–Kier alpha value is -2.37. The van der Waals surface area contributed by atoms with Gasteiger partial charge < -0.3 is 15.9 Å². The van der Waals surface area contributed by atoms with Crippen LogP contribution in [0.5, 0.6) is 5.75 Å². The number of benzene rings is 2. The standard InChI is InChI=1S/C19H24N2O3/c1-13(15-5-3-2-4-6-15)9-10-21-18(23)12-14-7-8-17(22)16(11-14)19(20)24/h2-8,11,13,18,21-23H,9-10,12H2,1H3,(H2,20,24). The molecule has 2 aromatic carbocycles. The summed E-state index contributed by atoms with van der Waals surface area (Å²) in [6.45, 7) is 2.83. The van der Waals surface area contributed by atoms with Crippen molar-refractivity contribution in [2.75, 3.05) is 6.54 Å². The van der Waals surface area contributed by atoms with Gasteiger partial charge in [0.1, 0.15) is 12.0 Å². The lowest BCUT2D eigenvalue weighted by Gasteiger charge is -2.16. The quantitative estimate of drug-likeness (QED) is 0.558. The third kappa shape index (κ3) is 5.08. The van der Waals surface area contributed by atoms with Gasteiger partial charge >= 0.3 is 0 Å². The van der Waals surface area contributed by atoms with E-state index in [0.717, 1.165) is 12.0 Å². The van der Waals surface area contributed by atoms with Crippen LogP contribution in [0.3, 0.4) is 0 Å². The summed E-state index contributed by atoms with van der Waals surface area (Å²) in [4.78, 5) is 11.2. The monoisotopic (exact) mass is 328 g/mol. The highest BCUT2D eigenvalue weighted by molar-refractivity contribution is 5.95. The van der Waals surface area contributed by atoms with Gasteiger partial charge in [-0.15, -0.1) is 0 Å². The molecular weight excluding hydrogens is 304 g/mol. The van der Waals surface area contributed by atoms with Gasteiger partial charge in [0.05, 0.1) is 5.56 Å². The molecule has 0 aliphatic carbocycles. The van der Waals surface area contributed by atoms with Crippen LogP contribution >= 0.6 is 0 Å². The number of carbonyl (C=O) groups is 1. The van der Waals surface area contributed by atoms with E-state index in [-0.39, 0.29) is 11.3 Å². The molecule has 0 heterocycles. The highest BCUT2D eigenvalue weighted by Gasteiger charge is 2.12. The number of aromatic hydroxyl groups is 1. The first-order valence-electron chi connectivity index (χ1n) is 8.05. The van der Waals surface area contributed by atoms with Crippen LogP contribution < -0.4 is 11.1 Å². The summed E-state index contributed by atoms with van der Waals surface area (Å²) in [5.74, 6) is -0.431. The Morgan fingerprint density at radius 1 is 1.21 bits per heavy atom. The summed E-state index contributed by atoms with van der Waals surface area (Å²) >= 11 is 0. The zero-order chi connectivity index (χ0) is 17.5. The second-order valence-electron chi connectivity index (χ2n) is 5.99. The Bertz CT molecular complexity index is 674. The number of nitrogens with two attached hydrogens (primary N) is 1. The van der Waals surface area contributed by atoms with Gasteiger partial charge in [-0.1, -0.05) is 43.3 Å². The van der Waals surface area contributed by atoms with Gasteiger partial charge in [0.2, 0.25) is 0 Å². The van der Waals surface area contributed by atoms with Crippen molar-refractivity contribution in [1.82, 2.24) is 5.32 Å². The number of rotatable bonds is 8. The predicted molar refractivity (Wildman–Crippen MR) is 93.8 cm³/mol. The Labute approximate surface area is 142 Å². The fourth-order valence-electron chi connectivity index (χ4n) is 2.62. The lowest BCUT2D eigenvalue weighted by molar-refractivity contribution is 0.0997. The van der Waals surface area contributed by atoms with Gasteiger partial charge in [0.15, 0.2) is 0 Å². The molecule has 0 aromatic heterocycles. The van der Waals surface area contributed by atoms with E-state index in [2.05, 4.69) is 24.4 Å². The molecule has 0 fully saturated rings. The van der Waals surface area contributed by atoms with Crippen molar-refractivity contribution in [3.63, 3.8) is 0 Å². The Kier molecular flexibility index (Phi) is 6.35. The molecule has 2 aromatic rings. The average Bonchev–Trinajstić information content (AvgIpc) is 2.57. The molecule has 0 bridgehead atoms. The van der Waals surface area contributed by atoms with E-state index >= 15 is 0 Å². The molecule has 5 heteroatoms. The highest BCUT2D eigenvalue weighted by atomic mass is 16.3. The van der Waals surface area contributed by atoms with E-state index in [1.54, 1.807) is 6.07 Å². The van der Waals surface area contributed by atoms with Crippen molar-refractivity contribution < 1.29 is 15.0 Å². The van der Waals surface area contributed by atoms with Gasteiger partial charge in [-0.2, -0.15) is 0 Å². The van der Waals surface area contributed by atoms with E-state index in [1.807, 2.05) is 18.2 Å². The van der Waals surface area contributed by atoms with Gasteiger partial charge in [0, 0.05) is 6.42 Å². The van der Waals surface area contributed by atoms with Crippen molar-refractivity contribution in [2.45, 2.75) is 31.9 Å². The van der Waals surface area contributed by atoms with Gasteiger partial charge in [-0.25, -0.2) is 0 Å². The zero-order valence-corrected chi connectivity index (χ0v) is 13.8. The Morgan fingerprint density at radius 3 is 2.58 bits per heavy atom. The van der Waals surface area contributed by atoms with Crippen LogP contribution in [0.25, 0.3) is 0 Å². The Balaban J connectivity index is 1.82. The molecular formula is C19H24N2O3. The van der Waals surface area contributed by atoms with Gasteiger partial charge in [-0.05, 0) is 42.1 Å².